The first-order chi connectivity index (χ1) is 11.0. The fraction of sp³-hybridized carbons (Fsp3) is 0.833. The average Bonchev–Trinajstić information content (AvgIpc) is 2.51. The van der Waals surface area contributed by atoms with Crippen LogP contribution in [0.3, 0.4) is 0 Å². The topological polar surface area (TPSA) is 98.0 Å². The Morgan fingerprint density at radius 1 is 0.870 bits per heavy atom. The first kappa shape index (κ1) is 22.1. The van der Waals surface area contributed by atoms with Gasteiger partial charge in [-0.05, 0) is 19.3 Å². The van der Waals surface area contributed by atoms with Crippen molar-refractivity contribution in [2.24, 2.45) is 0 Å². The molecule has 0 aromatic rings. The molecule has 0 heterocycles. The van der Waals surface area contributed by atoms with Gasteiger partial charge in [0, 0.05) is 6.42 Å². The molecule has 136 valence electrons. The van der Waals surface area contributed by atoms with E-state index in [9.17, 15) is 20.1 Å². The number of carbonyl (C=O) groups is 1. The van der Waals surface area contributed by atoms with E-state index in [1.165, 1.54) is 6.08 Å². The van der Waals surface area contributed by atoms with Gasteiger partial charge in [-0.3, -0.25) is 4.79 Å². The van der Waals surface area contributed by atoms with Gasteiger partial charge < -0.3 is 20.4 Å². The zero-order chi connectivity index (χ0) is 17.5. The lowest BCUT2D eigenvalue weighted by molar-refractivity contribution is -0.137. The number of carboxylic acids is 1. The average molecular weight is 330 g/mol. The van der Waals surface area contributed by atoms with E-state index in [-0.39, 0.29) is 6.42 Å². The summed E-state index contributed by atoms with van der Waals surface area (Å²) in [5, 5.41) is 37.9. The van der Waals surface area contributed by atoms with Crippen LogP contribution in [0.15, 0.2) is 12.2 Å². The highest BCUT2D eigenvalue weighted by Gasteiger charge is 2.12. The molecule has 23 heavy (non-hydrogen) atoms. The Balaban J connectivity index is 3.66. The molecule has 0 spiro atoms. The lowest BCUT2D eigenvalue weighted by atomic mass is 10.0. The van der Waals surface area contributed by atoms with Gasteiger partial charge in [0.25, 0.3) is 0 Å². The molecule has 4 N–H and O–H groups in total. The van der Waals surface area contributed by atoms with Crippen LogP contribution in [0.1, 0.15) is 77.6 Å². The number of aliphatic carboxylic acids is 1. The van der Waals surface area contributed by atoms with Gasteiger partial charge in [-0.25, -0.2) is 0 Å². The molecule has 0 saturated carbocycles. The SMILES string of the molecule is CCCCCC(O)C(O)C=CC(O)CCCCCCCC(=O)O. The first-order valence-electron chi connectivity index (χ1n) is 8.91. The smallest absolute Gasteiger partial charge is 0.303 e. The van der Waals surface area contributed by atoms with Crippen molar-refractivity contribution >= 4 is 5.97 Å². The van der Waals surface area contributed by atoms with E-state index >= 15 is 0 Å². The van der Waals surface area contributed by atoms with E-state index in [2.05, 4.69) is 6.92 Å². The molecule has 0 radical (unpaired) electrons. The molecular formula is C18H34O5. The maximum Gasteiger partial charge on any atom is 0.303 e. The standard InChI is InChI=1S/C18H34O5/c1-2-3-7-11-16(20)17(21)14-13-15(19)10-8-5-4-6-9-12-18(22)23/h13-17,19-21H,2-12H2,1H3,(H,22,23). The molecule has 0 aliphatic carbocycles. The highest BCUT2D eigenvalue weighted by atomic mass is 16.4. The fourth-order valence-corrected chi connectivity index (χ4v) is 2.40. The van der Waals surface area contributed by atoms with Crippen molar-refractivity contribution in [3.63, 3.8) is 0 Å². The van der Waals surface area contributed by atoms with Gasteiger partial charge in [0.15, 0.2) is 0 Å². The lowest BCUT2D eigenvalue weighted by Crippen LogP contribution is -2.24. The van der Waals surface area contributed by atoms with E-state index in [1.54, 1.807) is 6.08 Å². The van der Waals surface area contributed by atoms with Crippen molar-refractivity contribution < 1.29 is 25.2 Å². The van der Waals surface area contributed by atoms with Crippen LogP contribution in [0.2, 0.25) is 0 Å². The second-order valence-electron chi connectivity index (χ2n) is 6.21. The summed E-state index contributed by atoms with van der Waals surface area (Å²) >= 11 is 0. The minimum absolute atomic E-state index is 0.226. The third-order valence-corrected chi connectivity index (χ3v) is 3.92. The number of carboxylic acid groups (broad SMARTS) is 1. The third-order valence-electron chi connectivity index (χ3n) is 3.92. The highest BCUT2D eigenvalue weighted by molar-refractivity contribution is 5.66. The minimum Gasteiger partial charge on any atom is -0.481 e. The fourth-order valence-electron chi connectivity index (χ4n) is 2.40. The van der Waals surface area contributed by atoms with Crippen LogP contribution in [0.25, 0.3) is 0 Å². The Morgan fingerprint density at radius 2 is 1.48 bits per heavy atom. The van der Waals surface area contributed by atoms with E-state index < -0.39 is 24.3 Å². The summed E-state index contributed by atoms with van der Waals surface area (Å²) in [6.07, 6.45) is 9.60. The summed E-state index contributed by atoms with van der Waals surface area (Å²) < 4.78 is 0. The van der Waals surface area contributed by atoms with Crippen LogP contribution >= 0.6 is 0 Å². The molecule has 0 bridgehead atoms. The number of hydrogen-bond donors (Lipinski definition) is 4. The summed E-state index contributed by atoms with van der Waals surface area (Å²) in [6.45, 7) is 2.09. The molecule has 5 heteroatoms. The number of rotatable bonds is 15. The summed E-state index contributed by atoms with van der Waals surface area (Å²) in [5.74, 6) is -0.749. The van der Waals surface area contributed by atoms with E-state index in [4.69, 9.17) is 5.11 Å². The molecule has 3 atom stereocenters. The predicted molar refractivity (Wildman–Crippen MR) is 91.3 cm³/mol. The van der Waals surface area contributed by atoms with Crippen LogP contribution < -0.4 is 0 Å². The molecule has 0 rings (SSSR count). The Hall–Kier alpha value is -0.910. The van der Waals surface area contributed by atoms with E-state index in [1.807, 2.05) is 0 Å². The quantitative estimate of drug-likeness (QED) is 0.273. The van der Waals surface area contributed by atoms with E-state index in [0.717, 1.165) is 44.9 Å². The number of hydrogen-bond acceptors (Lipinski definition) is 4. The van der Waals surface area contributed by atoms with Crippen LogP contribution in [0, 0.1) is 0 Å². The molecule has 3 unspecified atom stereocenters. The number of aliphatic hydroxyl groups is 3. The normalized spacial score (nSPS) is 15.7. The van der Waals surface area contributed by atoms with Gasteiger partial charge in [-0.1, -0.05) is 64.0 Å². The molecule has 0 aromatic carbocycles. The van der Waals surface area contributed by atoms with Crippen LogP contribution in [0.4, 0.5) is 0 Å². The molecule has 0 saturated heterocycles. The second kappa shape index (κ2) is 14.7. The van der Waals surface area contributed by atoms with Crippen LogP contribution in [-0.2, 0) is 4.79 Å². The van der Waals surface area contributed by atoms with Crippen molar-refractivity contribution in [2.75, 3.05) is 0 Å². The Labute approximate surface area is 140 Å². The van der Waals surface area contributed by atoms with Crippen molar-refractivity contribution in [3.05, 3.63) is 12.2 Å². The molecule has 5 nitrogen and oxygen atoms in total. The van der Waals surface area contributed by atoms with Crippen molar-refractivity contribution in [1.82, 2.24) is 0 Å². The lowest BCUT2D eigenvalue weighted by Gasteiger charge is -2.14. The monoisotopic (exact) mass is 330 g/mol. The van der Waals surface area contributed by atoms with Gasteiger partial charge >= 0.3 is 5.97 Å². The van der Waals surface area contributed by atoms with Crippen molar-refractivity contribution in [2.45, 2.75) is 95.9 Å². The summed E-state index contributed by atoms with van der Waals surface area (Å²) in [5.41, 5.74) is 0. The van der Waals surface area contributed by atoms with Crippen LogP contribution in [0.5, 0.6) is 0 Å². The van der Waals surface area contributed by atoms with Crippen molar-refractivity contribution in [3.8, 4) is 0 Å². The van der Waals surface area contributed by atoms with Crippen LogP contribution in [-0.4, -0.2) is 44.7 Å². The zero-order valence-corrected chi connectivity index (χ0v) is 14.4. The highest BCUT2D eigenvalue weighted by Crippen LogP contribution is 2.11. The maximum absolute atomic E-state index is 10.3. The van der Waals surface area contributed by atoms with Crippen molar-refractivity contribution in [1.29, 1.82) is 0 Å². The zero-order valence-electron chi connectivity index (χ0n) is 14.4. The predicted octanol–water partition coefficient (Wildman–Crippen LogP) is 3.02. The summed E-state index contributed by atoms with van der Waals surface area (Å²) in [6, 6.07) is 0. The number of aliphatic hydroxyl groups excluding tert-OH is 3. The summed E-state index contributed by atoms with van der Waals surface area (Å²) in [7, 11) is 0. The van der Waals surface area contributed by atoms with E-state index in [0.29, 0.717) is 19.3 Å². The molecule has 0 aromatic heterocycles. The molecule has 0 aliphatic heterocycles. The van der Waals surface area contributed by atoms with Gasteiger partial charge in [-0.2, -0.15) is 0 Å². The Kier molecular flexibility index (Phi) is 14.1. The second-order valence-corrected chi connectivity index (χ2v) is 6.21. The van der Waals surface area contributed by atoms with Gasteiger partial charge in [0.2, 0.25) is 0 Å². The Bertz CT molecular complexity index is 317. The largest absolute Gasteiger partial charge is 0.481 e. The maximum atomic E-state index is 10.3. The minimum atomic E-state index is -0.919. The third kappa shape index (κ3) is 14.4. The Morgan fingerprint density at radius 3 is 2.13 bits per heavy atom. The summed E-state index contributed by atoms with van der Waals surface area (Å²) in [4.78, 5) is 10.3. The molecule has 0 fully saturated rings. The van der Waals surface area contributed by atoms with Gasteiger partial charge in [-0.15, -0.1) is 0 Å². The first-order valence-corrected chi connectivity index (χ1v) is 8.91. The number of unbranched alkanes of at least 4 members (excludes halogenated alkanes) is 6. The molecule has 0 amide bonds. The molecular weight excluding hydrogens is 296 g/mol. The van der Waals surface area contributed by atoms with Gasteiger partial charge in [0.1, 0.15) is 0 Å². The molecule has 0 aliphatic rings. The van der Waals surface area contributed by atoms with Gasteiger partial charge in [0.05, 0.1) is 18.3 Å².